The number of carboxylic acids is 1. The summed E-state index contributed by atoms with van der Waals surface area (Å²) in [5.74, 6) is -2.05. The van der Waals surface area contributed by atoms with Crippen LogP contribution in [0.15, 0.2) is 48.5 Å². The van der Waals surface area contributed by atoms with Gasteiger partial charge in [0.1, 0.15) is 12.6 Å². The largest absolute Gasteiger partial charge is 0.480 e. The SMILES string of the molecule is CC(CNC(=O)OCC1c2ccccc2-c2ccccc21)C(=O)N(C)C(C)C(=O)O. The van der Waals surface area contributed by atoms with Gasteiger partial charge in [0.05, 0.1) is 5.92 Å². The van der Waals surface area contributed by atoms with Gasteiger partial charge in [-0.1, -0.05) is 55.5 Å². The van der Waals surface area contributed by atoms with Gasteiger partial charge in [-0.05, 0) is 29.2 Å². The van der Waals surface area contributed by atoms with Crippen LogP contribution in [0, 0.1) is 5.92 Å². The van der Waals surface area contributed by atoms with Crippen molar-refractivity contribution in [3.63, 3.8) is 0 Å². The summed E-state index contributed by atoms with van der Waals surface area (Å²) in [6.45, 7) is 3.33. The Bertz CT molecular complexity index is 913. The highest BCUT2D eigenvalue weighted by Crippen LogP contribution is 2.44. The number of aliphatic carboxylic acids is 1. The lowest BCUT2D eigenvalue weighted by Gasteiger charge is -2.25. The average Bonchev–Trinajstić information content (AvgIpc) is 3.08. The maximum absolute atomic E-state index is 12.3. The maximum atomic E-state index is 12.3. The van der Waals surface area contributed by atoms with Gasteiger partial charge in [0, 0.05) is 19.5 Å². The van der Waals surface area contributed by atoms with Gasteiger partial charge >= 0.3 is 12.1 Å². The molecule has 158 valence electrons. The van der Waals surface area contributed by atoms with Crippen molar-refractivity contribution >= 4 is 18.0 Å². The third-order valence-electron chi connectivity index (χ3n) is 5.60. The minimum absolute atomic E-state index is 0.0373. The van der Waals surface area contributed by atoms with Crippen LogP contribution in [0.25, 0.3) is 11.1 Å². The number of hydrogen-bond acceptors (Lipinski definition) is 4. The van der Waals surface area contributed by atoms with Crippen molar-refractivity contribution in [1.82, 2.24) is 10.2 Å². The highest BCUT2D eigenvalue weighted by Gasteiger charge is 2.29. The number of carboxylic acid groups (broad SMARTS) is 1. The number of hydrogen-bond donors (Lipinski definition) is 2. The van der Waals surface area contributed by atoms with Crippen LogP contribution in [0.3, 0.4) is 0 Å². The molecule has 0 heterocycles. The molecule has 0 saturated carbocycles. The van der Waals surface area contributed by atoms with E-state index in [2.05, 4.69) is 17.4 Å². The number of ether oxygens (including phenoxy) is 1. The topological polar surface area (TPSA) is 95.9 Å². The Labute approximate surface area is 175 Å². The number of carbonyl (C=O) groups excluding carboxylic acids is 2. The normalized spacial score (nSPS) is 14.2. The number of likely N-dealkylation sites (N-methyl/N-ethyl adjacent to an activating group) is 1. The van der Waals surface area contributed by atoms with Crippen LogP contribution in [0.2, 0.25) is 0 Å². The highest BCUT2D eigenvalue weighted by molar-refractivity contribution is 5.85. The zero-order valence-electron chi connectivity index (χ0n) is 17.3. The molecule has 0 radical (unpaired) electrons. The number of nitrogens with zero attached hydrogens (tertiary/aromatic N) is 1. The molecule has 2 aromatic rings. The van der Waals surface area contributed by atoms with E-state index >= 15 is 0 Å². The Hall–Kier alpha value is -3.35. The van der Waals surface area contributed by atoms with Crippen molar-refractivity contribution in [2.75, 3.05) is 20.2 Å². The smallest absolute Gasteiger partial charge is 0.407 e. The molecule has 0 aromatic heterocycles. The summed E-state index contributed by atoms with van der Waals surface area (Å²) in [5.41, 5.74) is 4.55. The minimum Gasteiger partial charge on any atom is -0.480 e. The number of fused-ring (bicyclic) bond motifs is 3. The predicted octanol–water partition coefficient (Wildman–Crippen LogP) is 3.09. The lowest BCUT2D eigenvalue weighted by molar-refractivity contribution is -0.149. The summed E-state index contributed by atoms with van der Waals surface area (Å²) < 4.78 is 5.45. The second-order valence-electron chi connectivity index (χ2n) is 7.57. The van der Waals surface area contributed by atoms with Crippen molar-refractivity contribution in [3.8, 4) is 11.1 Å². The predicted molar refractivity (Wildman–Crippen MR) is 112 cm³/mol. The van der Waals surface area contributed by atoms with E-state index in [1.165, 1.54) is 14.0 Å². The molecule has 7 heteroatoms. The lowest BCUT2D eigenvalue weighted by Crippen LogP contribution is -2.45. The van der Waals surface area contributed by atoms with Gasteiger partial charge < -0.3 is 20.1 Å². The van der Waals surface area contributed by atoms with Crippen LogP contribution < -0.4 is 5.32 Å². The van der Waals surface area contributed by atoms with E-state index < -0.39 is 24.0 Å². The first-order chi connectivity index (χ1) is 14.3. The third kappa shape index (κ3) is 4.30. The summed E-state index contributed by atoms with van der Waals surface area (Å²) >= 11 is 0. The first kappa shape index (κ1) is 21.4. The molecular formula is C23H26N2O5. The van der Waals surface area contributed by atoms with E-state index in [9.17, 15) is 14.4 Å². The van der Waals surface area contributed by atoms with Gasteiger partial charge in [-0.15, -0.1) is 0 Å². The summed E-state index contributed by atoms with van der Waals surface area (Å²) in [5, 5.41) is 11.6. The highest BCUT2D eigenvalue weighted by atomic mass is 16.5. The van der Waals surface area contributed by atoms with Crippen molar-refractivity contribution < 1.29 is 24.2 Å². The number of nitrogens with one attached hydrogen (secondary N) is 1. The molecular weight excluding hydrogens is 384 g/mol. The van der Waals surface area contributed by atoms with Crippen LogP contribution in [-0.2, 0) is 14.3 Å². The molecule has 0 spiro atoms. The average molecular weight is 410 g/mol. The van der Waals surface area contributed by atoms with E-state index in [1.807, 2.05) is 36.4 Å². The zero-order chi connectivity index (χ0) is 21.8. The van der Waals surface area contributed by atoms with Gasteiger partial charge in [0.25, 0.3) is 0 Å². The Balaban J connectivity index is 1.55. The van der Waals surface area contributed by atoms with Crippen LogP contribution in [0.5, 0.6) is 0 Å². The summed E-state index contributed by atoms with van der Waals surface area (Å²) in [6.07, 6.45) is -0.606. The summed E-state index contributed by atoms with van der Waals surface area (Å²) in [6, 6.07) is 15.2. The molecule has 1 aliphatic carbocycles. The molecule has 2 amide bonds. The van der Waals surface area contributed by atoms with Gasteiger partial charge in [-0.2, -0.15) is 0 Å². The number of benzene rings is 2. The second-order valence-corrected chi connectivity index (χ2v) is 7.57. The van der Waals surface area contributed by atoms with Gasteiger partial charge in [0.2, 0.25) is 5.91 Å². The Morgan fingerprint density at radius 3 is 2.10 bits per heavy atom. The van der Waals surface area contributed by atoms with Crippen molar-refractivity contribution in [3.05, 3.63) is 59.7 Å². The first-order valence-corrected chi connectivity index (χ1v) is 9.89. The molecule has 2 aromatic carbocycles. The maximum Gasteiger partial charge on any atom is 0.407 e. The molecule has 0 fully saturated rings. The molecule has 0 aliphatic heterocycles. The van der Waals surface area contributed by atoms with E-state index in [0.717, 1.165) is 27.2 Å². The molecule has 2 atom stereocenters. The van der Waals surface area contributed by atoms with Crippen molar-refractivity contribution in [2.24, 2.45) is 5.92 Å². The van der Waals surface area contributed by atoms with Crippen LogP contribution in [0.4, 0.5) is 4.79 Å². The molecule has 2 unspecified atom stereocenters. The number of amides is 2. The van der Waals surface area contributed by atoms with E-state index in [0.29, 0.717) is 0 Å². The van der Waals surface area contributed by atoms with Crippen molar-refractivity contribution in [1.29, 1.82) is 0 Å². The molecule has 3 rings (SSSR count). The minimum atomic E-state index is -1.08. The van der Waals surface area contributed by atoms with Crippen LogP contribution in [0.1, 0.15) is 30.9 Å². The summed E-state index contributed by atoms with van der Waals surface area (Å²) in [4.78, 5) is 36.7. The Morgan fingerprint density at radius 1 is 1.03 bits per heavy atom. The number of carbonyl (C=O) groups is 3. The van der Waals surface area contributed by atoms with Gasteiger partial charge in [-0.3, -0.25) is 4.79 Å². The fourth-order valence-corrected chi connectivity index (χ4v) is 3.68. The lowest BCUT2D eigenvalue weighted by atomic mass is 9.98. The third-order valence-corrected chi connectivity index (χ3v) is 5.60. The van der Waals surface area contributed by atoms with Crippen LogP contribution >= 0.6 is 0 Å². The molecule has 0 saturated heterocycles. The van der Waals surface area contributed by atoms with E-state index in [1.54, 1.807) is 6.92 Å². The first-order valence-electron chi connectivity index (χ1n) is 9.89. The fourth-order valence-electron chi connectivity index (χ4n) is 3.68. The number of alkyl carbamates (subject to hydrolysis) is 1. The number of rotatable bonds is 7. The summed E-state index contributed by atoms with van der Waals surface area (Å²) in [7, 11) is 1.44. The van der Waals surface area contributed by atoms with Crippen molar-refractivity contribution in [2.45, 2.75) is 25.8 Å². The van der Waals surface area contributed by atoms with Crippen LogP contribution in [-0.4, -0.2) is 54.2 Å². The van der Waals surface area contributed by atoms with Gasteiger partial charge in [-0.25, -0.2) is 9.59 Å². The standard InChI is InChI=1S/C23H26N2O5/c1-14(21(26)25(3)15(2)22(27)28)12-24-23(29)30-13-20-18-10-6-4-8-16(18)17-9-5-7-11-19(17)20/h4-11,14-15,20H,12-13H2,1-3H3,(H,24,29)(H,27,28). The van der Waals surface area contributed by atoms with Gasteiger partial charge in [0.15, 0.2) is 0 Å². The molecule has 30 heavy (non-hydrogen) atoms. The van der Waals surface area contributed by atoms with E-state index in [4.69, 9.17) is 9.84 Å². The molecule has 7 nitrogen and oxygen atoms in total. The fraction of sp³-hybridized carbons (Fsp3) is 0.348. The molecule has 0 bridgehead atoms. The Kier molecular flexibility index (Phi) is 6.40. The monoisotopic (exact) mass is 410 g/mol. The second kappa shape index (κ2) is 8.98. The zero-order valence-corrected chi connectivity index (χ0v) is 17.3. The van der Waals surface area contributed by atoms with E-state index in [-0.39, 0.29) is 25.0 Å². The Morgan fingerprint density at radius 2 is 1.57 bits per heavy atom. The molecule has 1 aliphatic rings. The quantitative estimate of drug-likeness (QED) is 0.731. The molecule has 2 N–H and O–H groups in total.